The largest absolute Gasteiger partial charge is 0.370 e. The maximum atomic E-state index is 5.81. The highest BCUT2D eigenvalue weighted by Crippen LogP contribution is 2.10. The molecule has 0 aliphatic carbocycles. The van der Waals surface area contributed by atoms with Crippen molar-refractivity contribution >= 4 is 35.8 Å². The SMILES string of the molecule is CCC(C)NC(N)=NCc1ccnc(N(C)C)c1.I. The van der Waals surface area contributed by atoms with Crippen molar-refractivity contribution in [2.75, 3.05) is 19.0 Å². The van der Waals surface area contributed by atoms with Crippen LogP contribution in [0.15, 0.2) is 23.3 Å². The number of rotatable bonds is 5. The molecule has 5 nitrogen and oxygen atoms in total. The number of nitrogens with two attached hydrogens (primary N) is 1. The number of anilines is 1. The minimum absolute atomic E-state index is 0. The second-order valence-corrected chi connectivity index (χ2v) is 4.57. The van der Waals surface area contributed by atoms with Gasteiger partial charge in [-0.05, 0) is 31.0 Å². The summed E-state index contributed by atoms with van der Waals surface area (Å²) in [5.41, 5.74) is 6.91. The molecule has 0 saturated carbocycles. The molecule has 3 N–H and O–H groups in total. The van der Waals surface area contributed by atoms with Gasteiger partial charge in [-0.2, -0.15) is 0 Å². The zero-order chi connectivity index (χ0) is 13.5. The Morgan fingerprint density at radius 2 is 2.21 bits per heavy atom. The Labute approximate surface area is 132 Å². The second-order valence-electron chi connectivity index (χ2n) is 4.57. The molecule has 1 atom stereocenters. The van der Waals surface area contributed by atoms with Gasteiger partial charge in [-0.15, -0.1) is 24.0 Å². The topological polar surface area (TPSA) is 66.5 Å². The van der Waals surface area contributed by atoms with Gasteiger partial charge >= 0.3 is 0 Å². The van der Waals surface area contributed by atoms with Crippen LogP contribution in [0.2, 0.25) is 0 Å². The zero-order valence-corrected chi connectivity index (χ0v) is 14.4. The third-order valence-electron chi connectivity index (χ3n) is 2.71. The van der Waals surface area contributed by atoms with Crippen LogP contribution in [0.3, 0.4) is 0 Å². The summed E-state index contributed by atoms with van der Waals surface area (Å²) >= 11 is 0. The molecule has 0 bridgehead atoms. The van der Waals surface area contributed by atoms with E-state index in [1.165, 1.54) is 0 Å². The Kier molecular flexibility index (Phi) is 8.46. The maximum Gasteiger partial charge on any atom is 0.189 e. The van der Waals surface area contributed by atoms with Crippen LogP contribution in [0.4, 0.5) is 5.82 Å². The van der Waals surface area contributed by atoms with E-state index >= 15 is 0 Å². The number of aromatic nitrogens is 1. The summed E-state index contributed by atoms with van der Waals surface area (Å²) in [6.07, 6.45) is 2.81. The number of guanidine groups is 1. The molecule has 0 aromatic carbocycles. The van der Waals surface area contributed by atoms with Gasteiger partial charge in [0.1, 0.15) is 5.82 Å². The van der Waals surface area contributed by atoms with Crippen molar-refractivity contribution in [3.05, 3.63) is 23.9 Å². The molecule has 0 aliphatic heterocycles. The standard InChI is InChI=1S/C13H23N5.HI/c1-5-10(2)17-13(14)16-9-11-6-7-15-12(8-11)18(3)4;/h6-8,10H,5,9H2,1-4H3,(H3,14,16,17);1H. The molecule has 0 aliphatic rings. The first-order valence-corrected chi connectivity index (χ1v) is 6.21. The fourth-order valence-electron chi connectivity index (χ4n) is 1.38. The average Bonchev–Trinajstić information content (AvgIpc) is 2.36. The molecule has 108 valence electrons. The van der Waals surface area contributed by atoms with Gasteiger partial charge < -0.3 is 16.0 Å². The molecule has 1 unspecified atom stereocenters. The quantitative estimate of drug-likeness (QED) is 0.468. The molecule has 1 heterocycles. The van der Waals surface area contributed by atoms with Gasteiger partial charge in [-0.3, -0.25) is 0 Å². The Morgan fingerprint density at radius 1 is 1.53 bits per heavy atom. The Morgan fingerprint density at radius 3 is 2.79 bits per heavy atom. The van der Waals surface area contributed by atoms with Crippen molar-refractivity contribution in [3.63, 3.8) is 0 Å². The molecule has 0 fully saturated rings. The maximum absolute atomic E-state index is 5.81. The molecular formula is C13H24IN5. The van der Waals surface area contributed by atoms with Crippen molar-refractivity contribution in [3.8, 4) is 0 Å². The van der Waals surface area contributed by atoms with E-state index in [9.17, 15) is 0 Å². The summed E-state index contributed by atoms with van der Waals surface area (Å²) in [4.78, 5) is 10.5. The first kappa shape index (κ1) is 17.9. The van der Waals surface area contributed by atoms with Crippen LogP contribution in [-0.2, 0) is 6.54 Å². The average molecular weight is 377 g/mol. The van der Waals surface area contributed by atoms with Gasteiger partial charge in [-0.1, -0.05) is 6.92 Å². The van der Waals surface area contributed by atoms with Crippen LogP contribution in [0, 0.1) is 0 Å². The smallest absolute Gasteiger partial charge is 0.189 e. The molecule has 1 rings (SSSR count). The number of hydrogen-bond donors (Lipinski definition) is 2. The van der Waals surface area contributed by atoms with E-state index in [0.29, 0.717) is 18.5 Å². The van der Waals surface area contributed by atoms with Crippen molar-refractivity contribution < 1.29 is 0 Å². The highest BCUT2D eigenvalue weighted by molar-refractivity contribution is 14.0. The number of hydrogen-bond acceptors (Lipinski definition) is 3. The molecule has 19 heavy (non-hydrogen) atoms. The minimum Gasteiger partial charge on any atom is -0.370 e. The van der Waals surface area contributed by atoms with E-state index < -0.39 is 0 Å². The zero-order valence-electron chi connectivity index (χ0n) is 12.1. The molecule has 1 aromatic rings. The lowest BCUT2D eigenvalue weighted by Gasteiger charge is -2.13. The first-order chi connectivity index (χ1) is 8.52. The lowest BCUT2D eigenvalue weighted by atomic mass is 10.2. The van der Waals surface area contributed by atoms with E-state index in [1.807, 2.05) is 31.1 Å². The molecule has 0 saturated heterocycles. The van der Waals surface area contributed by atoms with Gasteiger partial charge in [0.2, 0.25) is 0 Å². The highest BCUT2D eigenvalue weighted by atomic mass is 127. The first-order valence-electron chi connectivity index (χ1n) is 6.21. The van der Waals surface area contributed by atoms with Gasteiger partial charge in [0.05, 0.1) is 6.54 Å². The summed E-state index contributed by atoms with van der Waals surface area (Å²) in [6.45, 7) is 4.76. The van der Waals surface area contributed by atoms with Crippen LogP contribution in [0.1, 0.15) is 25.8 Å². The number of nitrogens with one attached hydrogen (secondary N) is 1. The minimum atomic E-state index is 0. The third-order valence-corrected chi connectivity index (χ3v) is 2.71. The number of halogens is 1. The number of nitrogens with zero attached hydrogens (tertiary/aromatic N) is 3. The van der Waals surface area contributed by atoms with Crippen LogP contribution < -0.4 is 16.0 Å². The molecule has 6 heteroatoms. The third kappa shape index (κ3) is 6.60. The van der Waals surface area contributed by atoms with Crippen molar-refractivity contribution in [2.45, 2.75) is 32.9 Å². The normalized spacial score (nSPS) is 12.5. The fourth-order valence-corrected chi connectivity index (χ4v) is 1.38. The van der Waals surface area contributed by atoms with E-state index in [4.69, 9.17) is 5.73 Å². The van der Waals surface area contributed by atoms with Gasteiger partial charge in [0.25, 0.3) is 0 Å². The van der Waals surface area contributed by atoms with Crippen LogP contribution >= 0.6 is 24.0 Å². The van der Waals surface area contributed by atoms with Gasteiger partial charge in [0.15, 0.2) is 5.96 Å². The summed E-state index contributed by atoms with van der Waals surface area (Å²) in [7, 11) is 3.93. The summed E-state index contributed by atoms with van der Waals surface area (Å²) < 4.78 is 0. The fraction of sp³-hybridized carbons (Fsp3) is 0.538. The molecule has 0 radical (unpaired) electrons. The highest BCUT2D eigenvalue weighted by Gasteiger charge is 2.01. The summed E-state index contributed by atoms with van der Waals surface area (Å²) in [6, 6.07) is 4.32. The van der Waals surface area contributed by atoms with E-state index in [1.54, 1.807) is 6.20 Å². The molecule has 0 amide bonds. The molecular weight excluding hydrogens is 353 g/mol. The second kappa shape index (κ2) is 8.95. The lowest BCUT2D eigenvalue weighted by molar-refractivity contribution is 0.636. The van der Waals surface area contributed by atoms with Crippen molar-refractivity contribution in [1.82, 2.24) is 10.3 Å². The van der Waals surface area contributed by atoms with E-state index in [-0.39, 0.29) is 24.0 Å². The Balaban J connectivity index is 0.00000324. The predicted octanol–water partition coefficient (Wildman–Crippen LogP) is 1.97. The van der Waals surface area contributed by atoms with E-state index in [2.05, 4.69) is 29.1 Å². The van der Waals surface area contributed by atoms with Gasteiger partial charge in [-0.25, -0.2) is 9.98 Å². The summed E-state index contributed by atoms with van der Waals surface area (Å²) in [5, 5.41) is 3.14. The Bertz CT molecular complexity index is 406. The lowest BCUT2D eigenvalue weighted by Crippen LogP contribution is -2.38. The van der Waals surface area contributed by atoms with Crippen molar-refractivity contribution in [1.29, 1.82) is 0 Å². The molecule has 1 aromatic heterocycles. The molecule has 0 spiro atoms. The van der Waals surface area contributed by atoms with Crippen molar-refractivity contribution in [2.24, 2.45) is 10.7 Å². The van der Waals surface area contributed by atoms with E-state index in [0.717, 1.165) is 17.8 Å². The number of aliphatic imine (C=N–C) groups is 1. The summed E-state index contributed by atoms with van der Waals surface area (Å²) in [5.74, 6) is 1.42. The van der Waals surface area contributed by atoms with Crippen LogP contribution in [0.5, 0.6) is 0 Å². The number of pyridine rings is 1. The predicted molar refractivity (Wildman–Crippen MR) is 92.2 cm³/mol. The monoisotopic (exact) mass is 377 g/mol. The Hall–Kier alpha value is -1.05. The van der Waals surface area contributed by atoms with Crippen LogP contribution in [-0.4, -0.2) is 31.1 Å². The van der Waals surface area contributed by atoms with Crippen LogP contribution in [0.25, 0.3) is 0 Å². The van der Waals surface area contributed by atoms with Gasteiger partial charge in [0, 0.05) is 26.3 Å².